The number of rotatable bonds is 12. The first-order valence-electron chi connectivity index (χ1n) is 9.53. The van der Waals surface area contributed by atoms with Crippen molar-refractivity contribution in [2.24, 2.45) is 5.92 Å². The Balaban J connectivity index is 3.05. The molecular formula is C18H33N3O6S3. The summed E-state index contributed by atoms with van der Waals surface area (Å²) in [6, 6.07) is 0. The van der Waals surface area contributed by atoms with Gasteiger partial charge < -0.3 is 0 Å². The van der Waals surface area contributed by atoms with Crippen LogP contribution in [0.25, 0.3) is 0 Å². The molecule has 0 aliphatic carbocycles. The van der Waals surface area contributed by atoms with Crippen LogP contribution in [-0.2, 0) is 29.5 Å². The van der Waals surface area contributed by atoms with E-state index < -0.39 is 45.3 Å². The van der Waals surface area contributed by atoms with Gasteiger partial charge in [-0.15, -0.1) is 0 Å². The fourth-order valence-electron chi connectivity index (χ4n) is 3.27. The topological polar surface area (TPSA) is 121 Å². The normalized spacial score (nSPS) is 22.7. The predicted molar refractivity (Wildman–Crippen MR) is 120 cm³/mol. The summed E-state index contributed by atoms with van der Waals surface area (Å²) in [7, 11) is -10.4. The second kappa shape index (κ2) is 10.5. The first-order valence-corrected chi connectivity index (χ1v) is 14.4. The molecule has 12 heteroatoms. The zero-order chi connectivity index (χ0) is 23.3. The third-order valence-electron chi connectivity index (χ3n) is 5.24. The zero-order valence-corrected chi connectivity index (χ0v) is 20.2. The molecule has 1 N–H and O–H groups in total. The molecule has 1 rings (SSSR count). The van der Waals surface area contributed by atoms with E-state index in [0.29, 0.717) is 19.5 Å². The molecule has 30 heavy (non-hydrogen) atoms. The van der Waals surface area contributed by atoms with Crippen LogP contribution >= 0.6 is 0 Å². The minimum absolute atomic E-state index is 0.131. The highest BCUT2D eigenvalue weighted by Crippen LogP contribution is 2.21. The smallest absolute Gasteiger partial charge is 0.174 e. The lowest BCUT2D eigenvalue weighted by molar-refractivity contribution is -0.0437. The number of hydrazine groups is 2. The third kappa shape index (κ3) is 7.27. The maximum atomic E-state index is 12.1. The fraction of sp³-hybridized carbons (Fsp3) is 0.667. The Morgan fingerprint density at radius 3 is 1.43 bits per heavy atom. The number of nitrogens with zero attached hydrogens (tertiary/aromatic N) is 2. The van der Waals surface area contributed by atoms with Gasteiger partial charge in [0.05, 0.1) is 15.7 Å². The van der Waals surface area contributed by atoms with Gasteiger partial charge in [0.1, 0.15) is 0 Å². The Bertz CT molecular complexity index is 814. The van der Waals surface area contributed by atoms with Crippen molar-refractivity contribution in [3.05, 3.63) is 36.0 Å². The van der Waals surface area contributed by atoms with Crippen LogP contribution in [0.2, 0.25) is 0 Å². The van der Waals surface area contributed by atoms with Gasteiger partial charge in [-0.2, -0.15) is 5.53 Å². The lowest BCUT2D eigenvalue weighted by Crippen LogP contribution is -2.62. The van der Waals surface area contributed by atoms with Crippen molar-refractivity contribution in [2.45, 2.75) is 42.9 Å². The number of hydrogen-bond acceptors (Lipinski definition) is 9. The van der Waals surface area contributed by atoms with E-state index in [1.165, 1.54) is 0 Å². The maximum absolute atomic E-state index is 12.1. The number of sulfone groups is 3. The van der Waals surface area contributed by atoms with Gasteiger partial charge in [-0.1, -0.05) is 19.7 Å². The van der Waals surface area contributed by atoms with E-state index in [2.05, 4.69) is 25.3 Å². The third-order valence-corrected chi connectivity index (χ3v) is 10.5. The van der Waals surface area contributed by atoms with Gasteiger partial charge in [0, 0.05) is 42.4 Å². The fourth-order valence-corrected chi connectivity index (χ4v) is 5.57. The molecule has 0 bridgehead atoms. The van der Waals surface area contributed by atoms with Gasteiger partial charge in [0.25, 0.3) is 0 Å². The van der Waals surface area contributed by atoms with Gasteiger partial charge in [-0.3, -0.25) is 0 Å². The highest BCUT2D eigenvalue weighted by Gasteiger charge is 2.33. The molecule has 9 nitrogen and oxygen atoms in total. The van der Waals surface area contributed by atoms with Crippen LogP contribution in [0.15, 0.2) is 36.0 Å². The van der Waals surface area contributed by atoms with Gasteiger partial charge in [-0.05, 0) is 33.1 Å². The molecule has 1 aliphatic rings. The van der Waals surface area contributed by atoms with E-state index in [0.717, 1.165) is 16.2 Å². The van der Waals surface area contributed by atoms with Crippen LogP contribution in [-0.4, -0.2) is 77.2 Å². The summed E-state index contributed by atoms with van der Waals surface area (Å²) < 4.78 is 72.4. The molecular weight excluding hydrogens is 450 g/mol. The van der Waals surface area contributed by atoms with E-state index in [4.69, 9.17) is 0 Å². The number of nitrogens with one attached hydrogen (secondary N) is 1. The van der Waals surface area contributed by atoms with Crippen molar-refractivity contribution in [3.63, 3.8) is 0 Å². The second-order valence-corrected chi connectivity index (χ2v) is 14.7. The summed E-state index contributed by atoms with van der Waals surface area (Å²) >= 11 is 0. The minimum atomic E-state index is -3.49. The van der Waals surface area contributed by atoms with Gasteiger partial charge >= 0.3 is 0 Å². The molecule has 0 saturated carbocycles. The Hall–Kier alpha value is -1.05. The van der Waals surface area contributed by atoms with Crippen molar-refractivity contribution in [1.29, 1.82) is 0 Å². The van der Waals surface area contributed by atoms with Crippen LogP contribution in [0.5, 0.6) is 0 Å². The Morgan fingerprint density at radius 1 is 0.767 bits per heavy atom. The summed E-state index contributed by atoms with van der Waals surface area (Å²) in [5.41, 5.74) is 3.06. The summed E-state index contributed by atoms with van der Waals surface area (Å²) in [4.78, 5) is 0. The summed E-state index contributed by atoms with van der Waals surface area (Å²) in [6.45, 7) is 15.8. The molecule has 174 valence electrons. The van der Waals surface area contributed by atoms with Crippen LogP contribution < -0.4 is 5.53 Å². The molecule has 0 aromatic heterocycles. The zero-order valence-electron chi connectivity index (χ0n) is 17.8. The SMILES string of the molecule is C=CS(=O)(=O)C(C)CC1CN(CC(C)S(=O)(=O)C=C)NN(CC(C)S(=O)(=O)C=C)C1. The van der Waals surface area contributed by atoms with Crippen LogP contribution in [0.1, 0.15) is 27.2 Å². The predicted octanol–water partition coefficient (Wildman–Crippen LogP) is 0.870. The minimum Gasteiger partial charge on any atom is -0.229 e. The lowest BCUT2D eigenvalue weighted by Gasteiger charge is -2.42. The highest BCUT2D eigenvalue weighted by molar-refractivity contribution is 7.95. The van der Waals surface area contributed by atoms with Crippen LogP contribution in [0, 0.1) is 5.92 Å². The Labute approximate surface area is 181 Å². The summed E-state index contributed by atoms with van der Waals surface area (Å²) in [5, 5.41) is 3.97. The van der Waals surface area contributed by atoms with E-state index in [-0.39, 0.29) is 19.0 Å². The molecule has 1 fully saturated rings. The molecule has 0 amide bonds. The van der Waals surface area contributed by atoms with Crippen molar-refractivity contribution >= 4 is 29.5 Å². The highest BCUT2D eigenvalue weighted by atomic mass is 32.2. The number of hydrogen-bond donors (Lipinski definition) is 1. The average Bonchev–Trinajstić information content (AvgIpc) is 2.67. The maximum Gasteiger partial charge on any atom is 0.174 e. The van der Waals surface area contributed by atoms with Crippen molar-refractivity contribution in [1.82, 2.24) is 15.6 Å². The van der Waals surface area contributed by atoms with Crippen molar-refractivity contribution < 1.29 is 25.3 Å². The van der Waals surface area contributed by atoms with Crippen LogP contribution in [0.4, 0.5) is 0 Å². The molecule has 3 unspecified atom stereocenters. The van der Waals surface area contributed by atoms with E-state index in [1.54, 1.807) is 30.8 Å². The van der Waals surface area contributed by atoms with Crippen LogP contribution in [0.3, 0.4) is 0 Å². The molecule has 1 aliphatic heterocycles. The molecule has 0 spiro atoms. The molecule has 3 atom stereocenters. The van der Waals surface area contributed by atoms with Gasteiger partial charge in [0.15, 0.2) is 29.5 Å². The summed E-state index contributed by atoms with van der Waals surface area (Å²) in [6.07, 6.45) is 0.328. The molecule has 1 saturated heterocycles. The average molecular weight is 484 g/mol. The molecule has 1 heterocycles. The molecule has 0 aromatic carbocycles. The molecule has 0 radical (unpaired) electrons. The standard InChI is InChI=1S/C18H33N3O6S3/c1-7-28(22,23)15(4)10-18-13-20(11-16(5)29(24,25)8-2)19-21(14-18)12-17(6)30(26,27)9-3/h7-9,15-19H,1-3,10-14H2,4-6H3. The van der Waals surface area contributed by atoms with E-state index in [1.807, 2.05) is 0 Å². The molecule has 0 aromatic rings. The van der Waals surface area contributed by atoms with Gasteiger partial charge in [-0.25, -0.2) is 35.3 Å². The van der Waals surface area contributed by atoms with E-state index >= 15 is 0 Å². The quantitative estimate of drug-likeness (QED) is 0.431. The van der Waals surface area contributed by atoms with Crippen molar-refractivity contribution in [3.8, 4) is 0 Å². The largest absolute Gasteiger partial charge is 0.229 e. The lowest BCUT2D eigenvalue weighted by atomic mass is 10.0. The second-order valence-electron chi connectivity index (χ2n) is 7.71. The first kappa shape index (κ1) is 27.0. The van der Waals surface area contributed by atoms with E-state index in [9.17, 15) is 25.3 Å². The van der Waals surface area contributed by atoms with Gasteiger partial charge in [0.2, 0.25) is 0 Å². The monoisotopic (exact) mass is 483 g/mol. The summed E-state index contributed by atoms with van der Waals surface area (Å²) in [5.74, 6) is -0.131. The Kier molecular flexibility index (Phi) is 9.45. The first-order chi connectivity index (χ1) is 13.7. The Morgan fingerprint density at radius 2 is 1.10 bits per heavy atom. The van der Waals surface area contributed by atoms with Crippen molar-refractivity contribution in [2.75, 3.05) is 26.2 Å².